The van der Waals surface area contributed by atoms with Gasteiger partial charge in [-0.2, -0.15) is 0 Å². The fourth-order valence-corrected chi connectivity index (χ4v) is 4.56. The molecule has 0 unspecified atom stereocenters. The number of carbonyl (C=O) groups excluding carboxylic acids is 2. The highest BCUT2D eigenvalue weighted by molar-refractivity contribution is 5.98. The minimum atomic E-state index is -0.428. The number of hydrogen-bond acceptors (Lipinski definition) is 4. The lowest BCUT2D eigenvalue weighted by Crippen LogP contribution is -2.41. The molecule has 0 aliphatic carbocycles. The van der Waals surface area contributed by atoms with E-state index in [0.29, 0.717) is 24.2 Å². The Morgan fingerprint density at radius 2 is 1.76 bits per heavy atom. The van der Waals surface area contributed by atoms with Crippen LogP contribution in [0, 0.1) is 6.92 Å². The summed E-state index contributed by atoms with van der Waals surface area (Å²) in [5, 5.41) is 2.22. The number of hydrogen-bond donors (Lipinski definition) is 3. The van der Waals surface area contributed by atoms with Crippen molar-refractivity contribution in [2.75, 3.05) is 7.11 Å². The molecule has 0 spiro atoms. The molecule has 0 fully saturated rings. The predicted octanol–water partition coefficient (Wildman–Crippen LogP) is 5.48. The van der Waals surface area contributed by atoms with Crippen molar-refractivity contribution in [1.82, 2.24) is 20.8 Å². The van der Waals surface area contributed by atoms with Crippen LogP contribution in [0.4, 0.5) is 0 Å². The molecule has 7 heteroatoms. The van der Waals surface area contributed by atoms with E-state index in [4.69, 9.17) is 9.72 Å². The van der Waals surface area contributed by atoms with Crippen molar-refractivity contribution < 1.29 is 14.3 Å². The summed E-state index contributed by atoms with van der Waals surface area (Å²) < 4.78 is 5.21. The number of pyridine rings is 1. The number of nitrogens with one attached hydrogen (secondary N) is 3. The van der Waals surface area contributed by atoms with E-state index in [9.17, 15) is 9.59 Å². The van der Waals surface area contributed by atoms with Crippen LogP contribution in [0.5, 0.6) is 5.75 Å². The number of aromatic nitrogens is 2. The molecular formula is C30H28N4O3. The summed E-state index contributed by atoms with van der Waals surface area (Å²) in [7, 11) is 1.50. The van der Waals surface area contributed by atoms with E-state index in [1.54, 1.807) is 24.3 Å². The Morgan fingerprint density at radius 1 is 0.946 bits per heavy atom. The Labute approximate surface area is 214 Å². The van der Waals surface area contributed by atoms with Crippen molar-refractivity contribution in [2.24, 2.45) is 0 Å². The molecule has 0 saturated carbocycles. The zero-order valence-electron chi connectivity index (χ0n) is 20.8. The first-order valence-electron chi connectivity index (χ1n) is 12.2. The molecule has 37 heavy (non-hydrogen) atoms. The molecule has 7 nitrogen and oxygen atoms in total. The van der Waals surface area contributed by atoms with Crippen LogP contribution in [0.3, 0.4) is 0 Å². The molecule has 3 aromatic carbocycles. The number of methoxy groups -OCH3 is 1. The quantitative estimate of drug-likeness (QED) is 0.262. The standard InChI is InChI=1S/C30H28N4O3/c1-19-14-16-25-23(18-19)21(29(32-25)26-17-15-20-8-3-5-11-24(20)31-26)10-7-13-28(35)33-34-30(36)22-9-4-6-12-27(22)37-2/h3-6,8-9,11-12,14-18,32H,7,10,13H2,1-2H3,(H,33,35)(H,34,36). The van der Waals surface area contributed by atoms with E-state index in [1.165, 1.54) is 12.7 Å². The Bertz CT molecular complexity index is 1610. The zero-order chi connectivity index (χ0) is 25.8. The molecule has 0 saturated heterocycles. The molecule has 0 aliphatic rings. The van der Waals surface area contributed by atoms with Gasteiger partial charge in [-0.1, -0.05) is 48.0 Å². The number of fused-ring (bicyclic) bond motifs is 2. The third kappa shape index (κ3) is 5.16. The number of nitrogens with zero attached hydrogens (tertiary/aromatic N) is 1. The molecule has 2 amide bonds. The van der Waals surface area contributed by atoms with Crippen LogP contribution in [0.25, 0.3) is 33.2 Å². The average molecular weight is 493 g/mol. The number of H-pyrrole nitrogens is 1. The van der Waals surface area contributed by atoms with Crippen LogP contribution >= 0.6 is 0 Å². The SMILES string of the molecule is COc1ccccc1C(=O)NNC(=O)CCCc1c(-c2ccc3ccccc3n2)[nH]c2ccc(C)cc12. The summed E-state index contributed by atoms with van der Waals surface area (Å²) in [5.74, 6) is -0.245. The van der Waals surface area contributed by atoms with Gasteiger partial charge < -0.3 is 9.72 Å². The second kappa shape index (κ2) is 10.5. The Hall–Kier alpha value is -4.65. The van der Waals surface area contributed by atoms with Gasteiger partial charge in [0.05, 0.1) is 29.6 Å². The highest BCUT2D eigenvalue weighted by atomic mass is 16.5. The number of rotatable bonds is 7. The largest absolute Gasteiger partial charge is 0.496 e. The average Bonchev–Trinajstić information content (AvgIpc) is 3.28. The number of carbonyl (C=O) groups is 2. The summed E-state index contributed by atoms with van der Waals surface area (Å²) in [6, 6.07) is 25.3. The summed E-state index contributed by atoms with van der Waals surface area (Å²) in [6.45, 7) is 2.07. The minimum absolute atomic E-state index is 0.259. The number of aryl methyl sites for hydroxylation is 2. The molecule has 5 aromatic rings. The van der Waals surface area contributed by atoms with Gasteiger partial charge in [-0.25, -0.2) is 4.98 Å². The smallest absolute Gasteiger partial charge is 0.273 e. The Morgan fingerprint density at radius 3 is 2.62 bits per heavy atom. The predicted molar refractivity (Wildman–Crippen MR) is 145 cm³/mol. The van der Waals surface area contributed by atoms with E-state index in [0.717, 1.165) is 38.8 Å². The van der Waals surface area contributed by atoms with Gasteiger partial charge in [-0.15, -0.1) is 0 Å². The second-order valence-corrected chi connectivity index (χ2v) is 8.97. The molecule has 2 aromatic heterocycles. The fraction of sp³-hybridized carbons (Fsp3) is 0.167. The van der Waals surface area contributed by atoms with Crippen LogP contribution in [0.15, 0.2) is 78.9 Å². The van der Waals surface area contributed by atoms with Crippen molar-refractivity contribution in [1.29, 1.82) is 0 Å². The van der Waals surface area contributed by atoms with Crippen LogP contribution in [-0.4, -0.2) is 28.9 Å². The molecule has 3 N–H and O–H groups in total. The van der Waals surface area contributed by atoms with Gasteiger partial charge in [0.25, 0.3) is 5.91 Å². The monoisotopic (exact) mass is 492 g/mol. The lowest BCUT2D eigenvalue weighted by Gasteiger charge is -2.10. The van der Waals surface area contributed by atoms with E-state index in [2.05, 4.69) is 47.0 Å². The maximum absolute atomic E-state index is 12.5. The van der Waals surface area contributed by atoms with Crippen molar-refractivity contribution >= 4 is 33.6 Å². The number of aromatic amines is 1. The highest BCUT2D eigenvalue weighted by Gasteiger charge is 2.16. The minimum Gasteiger partial charge on any atom is -0.496 e. The molecule has 2 heterocycles. The molecule has 0 bridgehead atoms. The second-order valence-electron chi connectivity index (χ2n) is 8.97. The highest BCUT2D eigenvalue weighted by Crippen LogP contribution is 2.32. The van der Waals surface area contributed by atoms with Gasteiger partial charge in [0, 0.05) is 22.7 Å². The molecule has 5 rings (SSSR count). The molecule has 0 radical (unpaired) electrons. The topological polar surface area (TPSA) is 96.1 Å². The summed E-state index contributed by atoms with van der Waals surface area (Å²) in [6.07, 6.45) is 1.55. The normalized spacial score (nSPS) is 11.0. The molecule has 186 valence electrons. The molecule has 0 atom stereocenters. The van der Waals surface area contributed by atoms with Gasteiger partial charge in [-0.3, -0.25) is 20.4 Å². The first kappa shape index (κ1) is 24.1. The van der Waals surface area contributed by atoms with Gasteiger partial charge >= 0.3 is 0 Å². The van der Waals surface area contributed by atoms with E-state index in [1.807, 2.05) is 30.3 Å². The van der Waals surface area contributed by atoms with E-state index in [-0.39, 0.29) is 12.3 Å². The third-order valence-corrected chi connectivity index (χ3v) is 6.41. The molecule has 0 aliphatic heterocycles. The van der Waals surface area contributed by atoms with Crippen molar-refractivity contribution in [3.8, 4) is 17.1 Å². The zero-order valence-corrected chi connectivity index (χ0v) is 20.8. The third-order valence-electron chi connectivity index (χ3n) is 6.41. The summed E-state index contributed by atoms with van der Waals surface area (Å²) in [4.78, 5) is 33.4. The van der Waals surface area contributed by atoms with Gasteiger partial charge in [0.2, 0.25) is 5.91 Å². The van der Waals surface area contributed by atoms with E-state index >= 15 is 0 Å². The Balaban J connectivity index is 1.30. The maximum atomic E-state index is 12.5. The van der Waals surface area contributed by atoms with Crippen LogP contribution < -0.4 is 15.6 Å². The number of benzene rings is 3. The summed E-state index contributed by atoms with van der Waals surface area (Å²) >= 11 is 0. The first-order chi connectivity index (χ1) is 18.0. The number of para-hydroxylation sites is 2. The van der Waals surface area contributed by atoms with Gasteiger partial charge in [0.15, 0.2) is 0 Å². The maximum Gasteiger partial charge on any atom is 0.273 e. The van der Waals surface area contributed by atoms with Crippen LogP contribution in [-0.2, 0) is 11.2 Å². The van der Waals surface area contributed by atoms with Crippen LogP contribution in [0.2, 0.25) is 0 Å². The fourth-order valence-electron chi connectivity index (χ4n) is 4.56. The Kier molecular flexibility index (Phi) is 6.85. The van der Waals surface area contributed by atoms with Gasteiger partial charge in [-0.05, 0) is 61.7 Å². The lowest BCUT2D eigenvalue weighted by atomic mass is 10.0. The first-order valence-corrected chi connectivity index (χ1v) is 12.2. The lowest BCUT2D eigenvalue weighted by molar-refractivity contribution is -0.121. The van der Waals surface area contributed by atoms with Crippen molar-refractivity contribution in [2.45, 2.75) is 26.2 Å². The number of amides is 2. The molecular weight excluding hydrogens is 464 g/mol. The van der Waals surface area contributed by atoms with E-state index < -0.39 is 5.91 Å². The summed E-state index contributed by atoms with van der Waals surface area (Å²) in [5.41, 5.74) is 11.5. The van der Waals surface area contributed by atoms with Crippen LogP contribution in [0.1, 0.15) is 34.3 Å². The van der Waals surface area contributed by atoms with Gasteiger partial charge in [0.1, 0.15) is 5.75 Å². The van der Waals surface area contributed by atoms with Crippen molar-refractivity contribution in [3.63, 3.8) is 0 Å². The number of ether oxygens (including phenoxy) is 1. The van der Waals surface area contributed by atoms with Crippen molar-refractivity contribution in [3.05, 3.63) is 95.6 Å². The number of hydrazine groups is 1.